The fourth-order valence-electron chi connectivity index (χ4n) is 3.89. The molecular formula is C22H29N2O2+. The summed E-state index contributed by atoms with van der Waals surface area (Å²) in [7, 11) is 2.41. The monoisotopic (exact) mass is 353 g/mol. The van der Waals surface area contributed by atoms with E-state index in [2.05, 4.69) is 7.05 Å². The standard InChI is InChI=1S/C14H13NO2.C8H16N/c16-14(17)15(13-9-5-2-6-10-13)11-12-7-3-1-4-8-12;1-9-5-2-8(3-6-9)4-7-9/h1-10H,11H2,(H,16,17);8H,2-7H2,1H3/q;+1. The molecule has 0 atom stereocenters. The van der Waals surface area contributed by atoms with Crippen LogP contribution in [0.15, 0.2) is 60.7 Å². The molecule has 3 saturated heterocycles. The van der Waals surface area contributed by atoms with Crippen LogP contribution in [0, 0.1) is 5.92 Å². The van der Waals surface area contributed by atoms with E-state index in [0.717, 1.165) is 11.5 Å². The van der Waals surface area contributed by atoms with Gasteiger partial charge in [0, 0.05) is 5.69 Å². The van der Waals surface area contributed by atoms with Gasteiger partial charge in [0.05, 0.1) is 33.2 Å². The molecule has 2 aromatic rings. The molecule has 1 amide bonds. The molecule has 3 aliphatic rings. The number of anilines is 1. The number of piperidine rings is 3. The van der Waals surface area contributed by atoms with Crippen LogP contribution in [0.25, 0.3) is 0 Å². The second-order valence-electron chi connectivity index (χ2n) is 7.71. The normalized spacial score (nSPS) is 23.7. The third-order valence-corrected chi connectivity index (χ3v) is 5.71. The van der Waals surface area contributed by atoms with Crippen LogP contribution < -0.4 is 4.90 Å². The smallest absolute Gasteiger partial charge is 0.412 e. The number of nitrogens with zero attached hydrogens (tertiary/aromatic N) is 2. The lowest BCUT2D eigenvalue weighted by atomic mass is 9.86. The van der Waals surface area contributed by atoms with Crippen molar-refractivity contribution >= 4 is 11.8 Å². The fraction of sp³-hybridized carbons (Fsp3) is 0.409. The zero-order valence-corrected chi connectivity index (χ0v) is 15.6. The maximum Gasteiger partial charge on any atom is 0.412 e. The molecule has 0 aliphatic carbocycles. The van der Waals surface area contributed by atoms with Crippen molar-refractivity contribution in [1.29, 1.82) is 0 Å². The maximum atomic E-state index is 11.2. The number of para-hydroxylation sites is 1. The van der Waals surface area contributed by atoms with Crippen molar-refractivity contribution in [2.75, 3.05) is 31.6 Å². The van der Waals surface area contributed by atoms with Gasteiger partial charge in [-0.2, -0.15) is 0 Å². The summed E-state index contributed by atoms with van der Waals surface area (Å²) < 4.78 is 1.39. The van der Waals surface area contributed by atoms with Crippen LogP contribution in [0.4, 0.5) is 10.5 Å². The molecule has 3 fully saturated rings. The molecule has 26 heavy (non-hydrogen) atoms. The molecule has 0 saturated carbocycles. The van der Waals surface area contributed by atoms with Crippen LogP contribution >= 0.6 is 0 Å². The minimum atomic E-state index is -0.944. The predicted molar refractivity (Wildman–Crippen MR) is 105 cm³/mol. The van der Waals surface area contributed by atoms with Crippen LogP contribution in [0.5, 0.6) is 0 Å². The van der Waals surface area contributed by atoms with Gasteiger partial charge in [-0.15, -0.1) is 0 Å². The number of hydrogen-bond donors (Lipinski definition) is 1. The Morgan fingerprint density at radius 1 is 0.962 bits per heavy atom. The SMILES string of the molecule is C[N+]12CCC(CC1)CC2.O=C(O)N(Cc1ccccc1)c1ccccc1. The quantitative estimate of drug-likeness (QED) is 0.818. The van der Waals surface area contributed by atoms with Gasteiger partial charge in [0.1, 0.15) is 0 Å². The maximum absolute atomic E-state index is 11.2. The lowest BCUT2D eigenvalue weighted by molar-refractivity contribution is -0.924. The Hall–Kier alpha value is -2.33. The summed E-state index contributed by atoms with van der Waals surface area (Å²) in [6.07, 6.45) is 3.59. The van der Waals surface area contributed by atoms with E-state index < -0.39 is 6.09 Å². The van der Waals surface area contributed by atoms with Crippen LogP contribution in [0.3, 0.4) is 0 Å². The van der Waals surface area contributed by atoms with Crippen molar-refractivity contribution in [3.8, 4) is 0 Å². The highest BCUT2D eigenvalue weighted by atomic mass is 16.4. The third kappa shape index (κ3) is 4.85. The number of fused-ring (bicyclic) bond motifs is 3. The molecule has 4 heteroatoms. The summed E-state index contributed by atoms with van der Waals surface area (Å²) in [5.41, 5.74) is 1.66. The van der Waals surface area contributed by atoms with E-state index in [1.807, 2.05) is 48.5 Å². The van der Waals surface area contributed by atoms with E-state index >= 15 is 0 Å². The van der Waals surface area contributed by atoms with Crippen LogP contribution in [-0.2, 0) is 6.54 Å². The van der Waals surface area contributed by atoms with E-state index in [1.165, 1.54) is 48.3 Å². The van der Waals surface area contributed by atoms with Gasteiger partial charge in [-0.3, -0.25) is 4.90 Å². The first-order valence-corrected chi connectivity index (χ1v) is 9.49. The molecule has 3 heterocycles. The highest BCUT2D eigenvalue weighted by Gasteiger charge is 2.35. The fourth-order valence-corrected chi connectivity index (χ4v) is 3.89. The molecule has 138 valence electrons. The van der Waals surface area contributed by atoms with Crippen molar-refractivity contribution in [1.82, 2.24) is 0 Å². The minimum Gasteiger partial charge on any atom is -0.465 e. The third-order valence-electron chi connectivity index (χ3n) is 5.71. The largest absolute Gasteiger partial charge is 0.465 e. The summed E-state index contributed by atoms with van der Waals surface area (Å²) in [5.74, 6) is 1.12. The van der Waals surface area contributed by atoms with Gasteiger partial charge in [0.25, 0.3) is 0 Å². The average molecular weight is 353 g/mol. The number of quaternary nitrogens is 1. The number of rotatable bonds is 3. The molecule has 0 radical (unpaired) electrons. The Labute approximate surface area is 156 Å². The van der Waals surface area contributed by atoms with Gasteiger partial charge in [0.15, 0.2) is 0 Å². The Bertz CT molecular complexity index is 681. The predicted octanol–water partition coefficient (Wildman–Crippen LogP) is 4.62. The number of hydrogen-bond acceptors (Lipinski definition) is 1. The van der Waals surface area contributed by atoms with Gasteiger partial charge in [-0.1, -0.05) is 48.5 Å². The molecule has 5 rings (SSSR count). The number of benzene rings is 2. The zero-order valence-electron chi connectivity index (χ0n) is 15.6. The minimum absolute atomic E-state index is 0.361. The second-order valence-corrected chi connectivity index (χ2v) is 7.71. The van der Waals surface area contributed by atoms with Gasteiger partial charge >= 0.3 is 6.09 Å². The number of carboxylic acid groups (broad SMARTS) is 1. The first-order chi connectivity index (χ1) is 12.6. The molecule has 0 spiro atoms. The molecule has 0 aromatic heterocycles. The van der Waals surface area contributed by atoms with Crippen molar-refractivity contribution in [2.45, 2.75) is 25.8 Å². The van der Waals surface area contributed by atoms with Crippen molar-refractivity contribution in [2.24, 2.45) is 5.92 Å². The second kappa shape index (κ2) is 8.37. The summed E-state index contributed by atoms with van der Waals surface area (Å²) >= 11 is 0. The molecule has 4 nitrogen and oxygen atoms in total. The van der Waals surface area contributed by atoms with Crippen LogP contribution in [0.2, 0.25) is 0 Å². The summed E-state index contributed by atoms with van der Waals surface area (Å²) in [4.78, 5) is 12.6. The lowest BCUT2D eigenvalue weighted by Gasteiger charge is -2.46. The van der Waals surface area contributed by atoms with Gasteiger partial charge < -0.3 is 9.59 Å². The number of amides is 1. The van der Waals surface area contributed by atoms with Crippen LogP contribution in [-0.4, -0.2) is 42.4 Å². The van der Waals surface area contributed by atoms with Gasteiger partial charge in [-0.25, -0.2) is 4.79 Å². The Morgan fingerprint density at radius 3 is 1.88 bits per heavy atom. The summed E-state index contributed by atoms with van der Waals surface area (Å²) in [6, 6.07) is 18.7. The molecule has 2 bridgehead atoms. The Kier molecular flexibility index (Phi) is 5.94. The highest BCUT2D eigenvalue weighted by molar-refractivity contribution is 5.85. The first-order valence-electron chi connectivity index (χ1n) is 9.49. The number of carbonyl (C=O) groups is 1. The molecule has 0 unspecified atom stereocenters. The van der Waals surface area contributed by atoms with E-state index in [0.29, 0.717) is 12.2 Å². The van der Waals surface area contributed by atoms with E-state index in [4.69, 9.17) is 0 Å². The van der Waals surface area contributed by atoms with E-state index in [1.54, 1.807) is 12.1 Å². The molecule has 1 N–H and O–H groups in total. The van der Waals surface area contributed by atoms with Crippen molar-refractivity contribution < 1.29 is 14.4 Å². The van der Waals surface area contributed by atoms with Crippen molar-refractivity contribution in [3.05, 3.63) is 66.2 Å². The van der Waals surface area contributed by atoms with Crippen molar-refractivity contribution in [3.63, 3.8) is 0 Å². The highest BCUT2D eigenvalue weighted by Crippen LogP contribution is 2.31. The summed E-state index contributed by atoms with van der Waals surface area (Å²) in [6.45, 7) is 4.75. The zero-order chi connectivity index (χ0) is 18.4. The van der Waals surface area contributed by atoms with Crippen LogP contribution in [0.1, 0.15) is 24.8 Å². The molecule has 3 aliphatic heterocycles. The lowest BCUT2D eigenvalue weighted by Crippen LogP contribution is -2.55. The van der Waals surface area contributed by atoms with Gasteiger partial charge in [0.2, 0.25) is 0 Å². The molecule has 2 aromatic carbocycles. The Balaban J connectivity index is 0.000000181. The molecular weight excluding hydrogens is 324 g/mol. The van der Waals surface area contributed by atoms with Gasteiger partial charge in [-0.05, 0) is 42.9 Å². The summed E-state index contributed by atoms with van der Waals surface area (Å²) in [5, 5.41) is 9.21. The first kappa shape index (κ1) is 18.5. The van der Waals surface area contributed by atoms with E-state index in [9.17, 15) is 9.90 Å². The Morgan fingerprint density at radius 2 is 1.46 bits per heavy atom. The topological polar surface area (TPSA) is 40.5 Å². The average Bonchev–Trinajstić information content (AvgIpc) is 2.68. The van der Waals surface area contributed by atoms with E-state index in [-0.39, 0.29) is 0 Å².